The molecule has 0 aliphatic carbocycles. The molecule has 0 bridgehead atoms. The van der Waals surface area contributed by atoms with Crippen molar-refractivity contribution >= 4 is 12.0 Å². The standard InChI is InChI=1S/C13H13F3O3/c14-13(15,16)7-8-19-9-11-3-1-10(2-4-11)5-6-12(17)18/h1-6H,7-9H2,(H,17,18)/b6-5+. The zero-order valence-corrected chi connectivity index (χ0v) is 9.98. The highest BCUT2D eigenvalue weighted by molar-refractivity contribution is 5.85. The van der Waals surface area contributed by atoms with Crippen LogP contribution in [0, 0.1) is 0 Å². The first-order valence-electron chi connectivity index (χ1n) is 5.51. The van der Waals surface area contributed by atoms with E-state index < -0.39 is 18.6 Å². The largest absolute Gasteiger partial charge is 0.478 e. The van der Waals surface area contributed by atoms with Crippen LogP contribution in [0.15, 0.2) is 30.3 Å². The van der Waals surface area contributed by atoms with Gasteiger partial charge in [0.15, 0.2) is 0 Å². The number of carbonyl (C=O) groups is 1. The third-order valence-corrected chi connectivity index (χ3v) is 2.20. The van der Waals surface area contributed by atoms with Crippen LogP contribution in [0.25, 0.3) is 6.08 Å². The monoisotopic (exact) mass is 274 g/mol. The summed E-state index contributed by atoms with van der Waals surface area (Å²) in [5, 5.41) is 8.44. The lowest BCUT2D eigenvalue weighted by atomic mass is 10.1. The molecule has 3 nitrogen and oxygen atoms in total. The summed E-state index contributed by atoms with van der Waals surface area (Å²) in [6, 6.07) is 6.69. The van der Waals surface area contributed by atoms with E-state index in [1.54, 1.807) is 24.3 Å². The lowest BCUT2D eigenvalue weighted by Gasteiger charge is -2.07. The first-order chi connectivity index (χ1) is 8.87. The maximum absolute atomic E-state index is 11.8. The van der Waals surface area contributed by atoms with Gasteiger partial charge in [0.05, 0.1) is 19.6 Å². The molecule has 0 aliphatic heterocycles. The van der Waals surface area contributed by atoms with Gasteiger partial charge in [-0.2, -0.15) is 13.2 Å². The van der Waals surface area contributed by atoms with Crippen LogP contribution in [-0.2, 0) is 16.1 Å². The number of carboxylic acid groups (broad SMARTS) is 1. The number of hydrogen-bond donors (Lipinski definition) is 1. The van der Waals surface area contributed by atoms with Gasteiger partial charge in [0.2, 0.25) is 0 Å². The predicted molar refractivity (Wildman–Crippen MR) is 63.4 cm³/mol. The summed E-state index contributed by atoms with van der Waals surface area (Å²) in [4.78, 5) is 10.3. The molecule has 0 amide bonds. The van der Waals surface area contributed by atoms with Gasteiger partial charge in [0, 0.05) is 6.08 Å². The first-order valence-corrected chi connectivity index (χ1v) is 5.51. The van der Waals surface area contributed by atoms with Crippen molar-refractivity contribution in [2.45, 2.75) is 19.2 Å². The molecule has 0 saturated carbocycles. The summed E-state index contributed by atoms with van der Waals surface area (Å²) in [5.41, 5.74) is 1.43. The van der Waals surface area contributed by atoms with Crippen molar-refractivity contribution in [3.63, 3.8) is 0 Å². The van der Waals surface area contributed by atoms with Crippen molar-refractivity contribution in [2.75, 3.05) is 6.61 Å². The molecular weight excluding hydrogens is 261 g/mol. The summed E-state index contributed by atoms with van der Waals surface area (Å²) < 4.78 is 40.4. The zero-order chi connectivity index (χ0) is 14.3. The smallest absolute Gasteiger partial charge is 0.391 e. The van der Waals surface area contributed by atoms with E-state index in [-0.39, 0.29) is 13.2 Å². The van der Waals surface area contributed by atoms with E-state index >= 15 is 0 Å². The predicted octanol–water partition coefficient (Wildman–Crippen LogP) is 3.25. The topological polar surface area (TPSA) is 46.5 Å². The van der Waals surface area contributed by atoms with Gasteiger partial charge >= 0.3 is 12.1 Å². The first kappa shape index (κ1) is 15.2. The quantitative estimate of drug-likeness (QED) is 0.639. The van der Waals surface area contributed by atoms with Crippen LogP contribution in [0.5, 0.6) is 0 Å². The number of hydrogen-bond acceptors (Lipinski definition) is 2. The number of rotatable bonds is 6. The Bertz CT molecular complexity index is 435. The molecule has 1 aromatic rings. The number of ether oxygens (including phenoxy) is 1. The van der Waals surface area contributed by atoms with Gasteiger partial charge in [-0.15, -0.1) is 0 Å². The second kappa shape index (κ2) is 6.94. The molecule has 1 aromatic carbocycles. The Morgan fingerprint density at radius 1 is 1.26 bits per heavy atom. The molecule has 6 heteroatoms. The summed E-state index contributed by atoms with van der Waals surface area (Å²) in [5.74, 6) is -1.04. The molecule has 1 N–H and O–H groups in total. The lowest BCUT2D eigenvalue weighted by molar-refractivity contribution is -0.146. The van der Waals surface area contributed by atoms with E-state index in [4.69, 9.17) is 9.84 Å². The molecule has 0 spiro atoms. The van der Waals surface area contributed by atoms with Crippen molar-refractivity contribution < 1.29 is 27.8 Å². The molecule has 0 fully saturated rings. The van der Waals surface area contributed by atoms with Crippen molar-refractivity contribution in [2.24, 2.45) is 0 Å². The fourth-order valence-corrected chi connectivity index (χ4v) is 1.27. The molecule has 0 radical (unpaired) electrons. The van der Waals surface area contributed by atoms with Gasteiger partial charge in [0.25, 0.3) is 0 Å². The van der Waals surface area contributed by atoms with Crippen molar-refractivity contribution in [1.29, 1.82) is 0 Å². The number of aliphatic carboxylic acids is 1. The van der Waals surface area contributed by atoms with Crippen LogP contribution in [0.1, 0.15) is 17.5 Å². The van der Waals surface area contributed by atoms with E-state index in [1.165, 1.54) is 6.08 Å². The zero-order valence-electron chi connectivity index (χ0n) is 9.98. The summed E-state index contributed by atoms with van der Waals surface area (Å²) in [7, 11) is 0. The van der Waals surface area contributed by atoms with Gasteiger partial charge in [0.1, 0.15) is 0 Å². The van der Waals surface area contributed by atoms with E-state index in [9.17, 15) is 18.0 Å². The average Bonchev–Trinajstić information content (AvgIpc) is 2.32. The average molecular weight is 274 g/mol. The summed E-state index contributed by atoms with van der Waals surface area (Å²) in [6.45, 7) is -0.275. The Balaban J connectivity index is 2.38. The third-order valence-electron chi connectivity index (χ3n) is 2.20. The number of halogens is 3. The van der Waals surface area contributed by atoms with Crippen LogP contribution in [-0.4, -0.2) is 23.9 Å². The van der Waals surface area contributed by atoms with Gasteiger partial charge in [-0.1, -0.05) is 24.3 Å². The maximum atomic E-state index is 11.8. The van der Waals surface area contributed by atoms with E-state index in [2.05, 4.69) is 0 Å². The molecular formula is C13H13F3O3. The molecule has 0 aliphatic rings. The number of alkyl halides is 3. The molecule has 0 aromatic heterocycles. The molecule has 0 heterocycles. The minimum atomic E-state index is -4.20. The van der Waals surface area contributed by atoms with Crippen LogP contribution in [0.2, 0.25) is 0 Å². The van der Waals surface area contributed by atoms with Crippen molar-refractivity contribution in [1.82, 2.24) is 0 Å². The molecule has 19 heavy (non-hydrogen) atoms. The number of carboxylic acids is 1. The second-order valence-electron chi connectivity index (χ2n) is 3.83. The molecule has 0 atom stereocenters. The van der Waals surface area contributed by atoms with Gasteiger partial charge < -0.3 is 9.84 Å². The maximum Gasteiger partial charge on any atom is 0.391 e. The molecule has 0 unspecified atom stereocenters. The Morgan fingerprint density at radius 2 is 1.89 bits per heavy atom. The van der Waals surface area contributed by atoms with Crippen molar-refractivity contribution in [3.8, 4) is 0 Å². The fraction of sp³-hybridized carbons (Fsp3) is 0.308. The summed E-state index contributed by atoms with van der Waals surface area (Å²) >= 11 is 0. The summed E-state index contributed by atoms with van der Waals surface area (Å²) in [6.07, 6.45) is -2.73. The lowest BCUT2D eigenvalue weighted by Crippen LogP contribution is -2.11. The van der Waals surface area contributed by atoms with Crippen LogP contribution in [0.4, 0.5) is 13.2 Å². The Labute approximate surface area is 108 Å². The molecule has 0 saturated heterocycles. The van der Waals surface area contributed by atoms with E-state index in [0.717, 1.165) is 11.6 Å². The highest BCUT2D eigenvalue weighted by Crippen LogP contribution is 2.19. The highest BCUT2D eigenvalue weighted by Gasteiger charge is 2.26. The Morgan fingerprint density at radius 3 is 2.42 bits per heavy atom. The normalized spacial score (nSPS) is 11.9. The van der Waals surface area contributed by atoms with Crippen LogP contribution in [0.3, 0.4) is 0 Å². The number of benzene rings is 1. The molecule has 1 rings (SSSR count). The van der Waals surface area contributed by atoms with Gasteiger partial charge in [-0.25, -0.2) is 4.79 Å². The third kappa shape index (κ3) is 7.25. The minimum Gasteiger partial charge on any atom is -0.478 e. The van der Waals surface area contributed by atoms with E-state index in [0.29, 0.717) is 5.56 Å². The fourth-order valence-electron chi connectivity index (χ4n) is 1.27. The van der Waals surface area contributed by atoms with E-state index in [1.807, 2.05) is 0 Å². The van der Waals surface area contributed by atoms with Crippen LogP contribution < -0.4 is 0 Å². The Hall–Kier alpha value is -1.82. The second-order valence-corrected chi connectivity index (χ2v) is 3.83. The van der Waals surface area contributed by atoms with Crippen LogP contribution >= 0.6 is 0 Å². The Kier molecular flexibility index (Phi) is 5.57. The van der Waals surface area contributed by atoms with Gasteiger partial charge in [-0.05, 0) is 17.2 Å². The van der Waals surface area contributed by atoms with Crippen molar-refractivity contribution in [3.05, 3.63) is 41.5 Å². The highest BCUT2D eigenvalue weighted by atomic mass is 19.4. The molecule has 104 valence electrons. The SMILES string of the molecule is O=C(O)/C=C/c1ccc(COCCC(F)(F)F)cc1. The van der Waals surface area contributed by atoms with Gasteiger partial charge in [-0.3, -0.25) is 0 Å². The minimum absolute atomic E-state index is 0.0962.